The first kappa shape index (κ1) is 10.8. The van der Waals surface area contributed by atoms with Crippen molar-refractivity contribution in [3.63, 3.8) is 0 Å². The Bertz CT molecular complexity index is 585. The summed E-state index contributed by atoms with van der Waals surface area (Å²) in [6.45, 7) is 0.364. The average molecular weight is 240 g/mol. The molecule has 0 aliphatic rings. The molecule has 0 saturated heterocycles. The van der Waals surface area contributed by atoms with Crippen LogP contribution in [-0.2, 0) is 13.6 Å². The molecule has 0 atom stereocenters. The maximum atomic E-state index is 11.9. The Morgan fingerprint density at radius 1 is 1.50 bits per heavy atom. The fourth-order valence-corrected chi connectivity index (χ4v) is 1.46. The highest BCUT2D eigenvalue weighted by Crippen LogP contribution is 2.01. The lowest BCUT2D eigenvalue weighted by atomic mass is 10.4. The van der Waals surface area contributed by atoms with Gasteiger partial charge in [0, 0.05) is 12.9 Å². The number of halogens is 1. The van der Waals surface area contributed by atoms with E-state index in [2.05, 4.69) is 15.4 Å². The predicted molar refractivity (Wildman–Crippen MR) is 60.4 cm³/mol. The monoisotopic (exact) mass is 239 g/mol. The van der Waals surface area contributed by atoms with E-state index in [1.807, 2.05) is 0 Å². The van der Waals surface area contributed by atoms with E-state index in [1.54, 1.807) is 19.2 Å². The molecule has 0 N–H and O–H groups in total. The van der Waals surface area contributed by atoms with Gasteiger partial charge in [-0.1, -0.05) is 17.4 Å². The molecule has 2 aromatic rings. The molecule has 0 aliphatic heterocycles. The van der Waals surface area contributed by atoms with Crippen molar-refractivity contribution in [2.24, 2.45) is 7.05 Å². The molecule has 2 heterocycles. The van der Waals surface area contributed by atoms with E-state index in [9.17, 15) is 4.79 Å². The Kier molecular flexibility index (Phi) is 3.00. The Morgan fingerprint density at radius 3 is 3.06 bits per heavy atom. The van der Waals surface area contributed by atoms with Crippen molar-refractivity contribution in [2.75, 3.05) is 5.88 Å². The van der Waals surface area contributed by atoms with Crippen LogP contribution in [0.5, 0.6) is 0 Å². The third-order valence-electron chi connectivity index (χ3n) is 2.15. The van der Waals surface area contributed by atoms with Crippen LogP contribution in [0.3, 0.4) is 0 Å². The van der Waals surface area contributed by atoms with E-state index in [0.717, 1.165) is 0 Å². The van der Waals surface area contributed by atoms with Gasteiger partial charge in [-0.05, 0) is 0 Å². The van der Waals surface area contributed by atoms with Crippen LogP contribution in [0.4, 0.5) is 0 Å². The minimum absolute atomic E-state index is 0.197. The van der Waals surface area contributed by atoms with Gasteiger partial charge in [-0.25, -0.2) is 9.36 Å². The van der Waals surface area contributed by atoms with Gasteiger partial charge in [-0.3, -0.25) is 4.79 Å². The van der Waals surface area contributed by atoms with Crippen LogP contribution in [0.25, 0.3) is 11.0 Å². The van der Waals surface area contributed by atoms with Gasteiger partial charge in [0.2, 0.25) is 0 Å². The van der Waals surface area contributed by atoms with Crippen molar-refractivity contribution >= 4 is 22.6 Å². The Balaban J connectivity index is 2.45. The quantitative estimate of drug-likeness (QED) is 0.572. The number of aryl methyl sites for hydroxylation is 1. The van der Waals surface area contributed by atoms with Gasteiger partial charge in [0.05, 0.1) is 12.7 Å². The molecular weight excluding hydrogens is 230 g/mol. The summed E-state index contributed by atoms with van der Waals surface area (Å²) in [4.78, 5) is 11.9. The summed E-state index contributed by atoms with van der Waals surface area (Å²) < 4.78 is 2.79. The van der Waals surface area contributed by atoms with Crippen molar-refractivity contribution in [3.8, 4) is 0 Å². The summed E-state index contributed by atoms with van der Waals surface area (Å²) in [7, 11) is 1.72. The molecule has 2 aromatic heterocycles. The fraction of sp³-hybridized carbons (Fsp3) is 0.333. The standard InChI is InChI=1S/C9H10ClN5O/c1-14-8-7(6-11-14)9(16)15(13-12-8)5-3-2-4-10/h2-3,6H,4-5H2,1H3. The van der Waals surface area contributed by atoms with Gasteiger partial charge >= 0.3 is 0 Å². The number of aromatic nitrogens is 5. The summed E-state index contributed by atoms with van der Waals surface area (Å²) in [6.07, 6.45) is 5.02. The molecule has 16 heavy (non-hydrogen) atoms. The molecule has 0 saturated carbocycles. The van der Waals surface area contributed by atoms with Crippen molar-refractivity contribution < 1.29 is 0 Å². The molecule has 0 radical (unpaired) electrons. The highest BCUT2D eigenvalue weighted by atomic mass is 35.5. The molecule has 2 rings (SSSR count). The number of alkyl halides is 1. The van der Waals surface area contributed by atoms with Crippen LogP contribution in [0.15, 0.2) is 23.1 Å². The van der Waals surface area contributed by atoms with Gasteiger partial charge in [0.1, 0.15) is 5.39 Å². The zero-order chi connectivity index (χ0) is 11.5. The lowest BCUT2D eigenvalue weighted by Gasteiger charge is -1.98. The fourth-order valence-electron chi connectivity index (χ4n) is 1.33. The highest BCUT2D eigenvalue weighted by Gasteiger charge is 2.07. The molecule has 0 unspecified atom stereocenters. The van der Waals surface area contributed by atoms with Crippen molar-refractivity contribution in [2.45, 2.75) is 6.54 Å². The second kappa shape index (κ2) is 4.44. The molecule has 0 aliphatic carbocycles. The predicted octanol–water partition coefficient (Wildman–Crippen LogP) is 0.320. The summed E-state index contributed by atoms with van der Waals surface area (Å²) in [5, 5.41) is 12.2. The van der Waals surface area contributed by atoms with Crippen molar-refractivity contribution in [1.29, 1.82) is 0 Å². The van der Waals surface area contributed by atoms with Crippen molar-refractivity contribution in [1.82, 2.24) is 24.8 Å². The average Bonchev–Trinajstić information content (AvgIpc) is 2.65. The minimum Gasteiger partial charge on any atom is -0.267 e. The van der Waals surface area contributed by atoms with E-state index < -0.39 is 0 Å². The third kappa shape index (κ3) is 1.83. The number of allylic oxidation sites excluding steroid dienone is 2. The first-order valence-corrected chi connectivity index (χ1v) is 5.24. The summed E-state index contributed by atoms with van der Waals surface area (Å²) in [6, 6.07) is 0. The lowest BCUT2D eigenvalue weighted by molar-refractivity contribution is 0.604. The second-order valence-electron chi connectivity index (χ2n) is 3.21. The van der Waals surface area contributed by atoms with E-state index in [0.29, 0.717) is 23.5 Å². The SMILES string of the molecule is Cn1ncc2c(=O)n(CC=CCCl)nnc21. The smallest absolute Gasteiger partial charge is 0.267 e. The second-order valence-corrected chi connectivity index (χ2v) is 3.52. The molecule has 0 fully saturated rings. The Hall–Kier alpha value is -1.69. The van der Waals surface area contributed by atoms with E-state index >= 15 is 0 Å². The van der Waals surface area contributed by atoms with Gasteiger partial charge in [0.25, 0.3) is 5.56 Å². The zero-order valence-electron chi connectivity index (χ0n) is 8.67. The van der Waals surface area contributed by atoms with Gasteiger partial charge < -0.3 is 0 Å². The van der Waals surface area contributed by atoms with E-state index in [1.165, 1.54) is 15.6 Å². The van der Waals surface area contributed by atoms with E-state index in [4.69, 9.17) is 11.6 Å². The zero-order valence-corrected chi connectivity index (χ0v) is 9.42. The Labute approximate surface area is 96.1 Å². The number of hydrogen-bond acceptors (Lipinski definition) is 4. The lowest BCUT2D eigenvalue weighted by Crippen LogP contribution is -2.23. The Morgan fingerprint density at radius 2 is 2.31 bits per heavy atom. The third-order valence-corrected chi connectivity index (χ3v) is 2.33. The maximum absolute atomic E-state index is 11.9. The molecule has 7 heteroatoms. The van der Waals surface area contributed by atoms with Gasteiger partial charge in [0.15, 0.2) is 5.65 Å². The van der Waals surface area contributed by atoms with Crippen LogP contribution in [0.2, 0.25) is 0 Å². The van der Waals surface area contributed by atoms with E-state index in [-0.39, 0.29) is 5.56 Å². The van der Waals surface area contributed by atoms with Gasteiger partial charge in [-0.2, -0.15) is 5.10 Å². The molecule has 0 aromatic carbocycles. The minimum atomic E-state index is -0.197. The molecule has 0 amide bonds. The maximum Gasteiger partial charge on any atom is 0.281 e. The molecule has 84 valence electrons. The molecule has 0 spiro atoms. The van der Waals surface area contributed by atoms with Crippen LogP contribution < -0.4 is 5.56 Å². The molecule has 0 bridgehead atoms. The van der Waals surface area contributed by atoms with Crippen LogP contribution in [-0.4, -0.2) is 30.7 Å². The molecule has 6 nitrogen and oxygen atoms in total. The first-order chi connectivity index (χ1) is 7.74. The van der Waals surface area contributed by atoms with Crippen molar-refractivity contribution in [3.05, 3.63) is 28.7 Å². The number of hydrogen-bond donors (Lipinski definition) is 0. The van der Waals surface area contributed by atoms with Gasteiger partial charge in [-0.15, -0.1) is 16.7 Å². The first-order valence-electron chi connectivity index (χ1n) is 4.70. The normalized spacial score (nSPS) is 11.6. The summed E-state index contributed by atoms with van der Waals surface area (Å²) in [5.74, 6) is 0.414. The number of fused-ring (bicyclic) bond motifs is 1. The summed E-state index contributed by atoms with van der Waals surface area (Å²) in [5.41, 5.74) is 0.292. The highest BCUT2D eigenvalue weighted by molar-refractivity contribution is 6.18. The number of rotatable bonds is 3. The molecular formula is C9H10ClN5O. The number of nitrogens with zero attached hydrogens (tertiary/aromatic N) is 5. The summed E-state index contributed by atoms with van der Waals surface area (Å²) >= 11 is 5.48. The van der Waals surface area contributed by atoms with Crippen LogP contribution in [0, 0.1) is 0 Å². The van der Waals surface area contributed by atoms with Crippen LogP contribution >= 0.6 is 11.6 Å². The topological polar surface area (TPSA) is 65.6 Å². The largest absolute Gasteiger partial charge is 0.281 e. The van der Waals surface area contributed by atoms with Crippen LogP contribution in [0.1, 0.15) is 0 Å².